The number of fused-ring (bicyclic) bond motifs is 1. The van der Waals surface area contributed by atoms with Gasteiger partial charge in [0.25, 0.3) is 5.91 Å². The van der Waals surface area contributed by atoms with Crippen molar-refractivity contribution in [3.63, 3.8) is 0 Å². The van der Waals surface area contributed by atoms with Gasteiger partial charge in [-0.25, -0.2) is 0 Å². The number of hydrogen-bond donors (Lipinski definition) is 0. The number of piperidine rings is 1. The fraction of sp³-hybridized carbons (Fsp3) is 0.556. The zero-order valence-electron chi connectivity index (χ0n) is 14.7. The molecule has 4 rings (SSSR count). The van der Waals surface area contributed by atoms with Gasteiger partial charge in [0.05, 0.1) is 11.0 Å². The predicted octanol–water partition coefficient (Wildman–Crippen LogP) is 1.51. The topological polar surface area (TPSA) is 75.4 Å². The fourth-order valence-electron chi connectivity index (χ4n) is 4.24. The van der Waals surface area contributed by atoms with E-state index in [1.807, 2.05) is 17.9 Å². The van der Waals surface area contributed by atoms with E-state index in [0.717, 1.165) is 32.6 Å². The first kappa shape index (κ1) is 16.2. The van der Waals surface area contributed by atoms with Crippen LogP contribution < -0.4 is 0 Å². The minimum Gasteiger partial charge on any atom is -0.339 e. The van der Waals surface area contributed by atoms with Gasteiger partial charge in [-0.2, -0.15) is 4.98 Å². The molecule has 0 saturated carbocycles. The molecule has 0 aromatic carbocycles. The summed E-state index contributed by atoms with van der Waals surface area (Å²) in [4.78, 5) is 25.9. The molecule has 7 heteroatoms. The van der Waals surface area contributed by atoms with Crippen LogP contribution in [0.3, 0.4) is 0 Å². The van der Waals surface area contributed by atoms with E-state index in [0.29, 0.717) is 29.7 Å². The average molecular weight is 341 g/mol. The van der Waals surface area contributed by atoms with E-state index in [4.69, 9.17) is 4.52 Å². The van der Waals surface area contributed by atoms with Crippen molar-refractivity contribution in [1.82, 2.24) is 24.9 Å². The maximum Gasteiger partial charge on any atom is 0.255 e. The van der Waals surface area contributed by atoms with Crippen LogP contribution in [-0.2, 0) is 5.41 Å². The average Bonchev–Trinajstić information content (AvgIpc) is 3.25. The van der Waals surface area contributed by atoms with E-state index >= 15 is 0 Å². The molecule has 2 aliphatic rings. The van der Waals surface area contributed by atoms with Gasteiger partial charge in [0, 0.05) is 32.0 Å². The Balaban J connectivity index is 1.67. The molecule has 2 saturated heterocycles. The molecule has 2 fully saturated rings. The van der Waals surface area contributed by atoms with Crippen molar-refractivity contribution in [3.8, 4) is 0 Å². The lowest BCUT2D eigenvalue weighted by atomic mass is 9.73. The maximum absolute atomic E-state index is 12.9. The number of pyridine rings is 1. The first-order valence-electron chi connectivity index (χ1n) is 8.85. The zero-order chi connectivity index (χ0) is 17.4. The Hall–Kier alpha value is -2.28. The van der Waals surface area contributed by atoms with Crippen LogP contribution in [0.5, 0.6) is 0 Å². The van der Waals surface area contributed by atoms with Crippen molar-refractivity contribution in [2.24, 2.45) is 5.92 Å². The molecule has 132 valence electrons. The molecule has 1 amide bonds. The Morgan fingerprint density at radius 1 is 1.44 bits per heavy atom. The minimum absolute atomic E-state index is 0.0289. The van der Waals surface area contributed by atoms with Gasteiger partial charge in [0.1, 0.15) is 0 Å². The van der Waals surface area contributed by atoms with E-state index in [1.54, 1.807) is 18.5 Å². The summed E-state index contributed by atoms with van der Waals surface area (Å²) in [7, 11) is 0. The number of hydrogen-bond acceptors (Lipinski definition) is 6. The Bertz CT molecular complexity index is 762. The lowest BCUT2D eigenvalue weighted by molar-refractivity contribution is 0.0766. The van der Waals surface area contributed by atoms with Crippen LogP contribution in [0.25, 0.3) is 0 Å². The van der Waals surface area contributed by atoms with Crippen LogP contribution in [0.4, 0.5) is 0 Å². The van der Waals surface area contributed by atoms with Gasteiger partial charge >= 0.3 is 0 Å². The standard InChI is InChI=1S/C18H23N5O2/c1-3-22-8-6-15-10-23(16(24)14-5-4-7-19-9-14)12-18(15,11-22)17-20-13(2)21-25-17/h4-5,7,9,15H,3,6,8,10-12H2,1-2H3/t15-,18-/m0/s1. The molecule has 0 N–H and O–H groups in total. The number of carbonyl (C=O) groups is 1. The van der Waals surface area contributed by atoms with Gasteiger partial charge in [-0.3, -0.25) is 9.78 Å². The number of rotatable bonds is 3. The Kier molecular flexibility index (Phi) is 4.03. The summed E-state index contributed by atoms with van der Waals surface area (Å²) in [5, 5.41) is 4.01. The second-order valence-corrected chi connectivity index (χ2v) is 7.08. The van der Waals surface area contributed by atoms with Gasteiger partial charge in [-0.15, -0.1) is 0 Å². The molecular weight excluding hydrogens is 318 g/mol. The Morgan fingerprint density at radius 3 is 3.00 bits per heavy atom. The first-order valence-corrected chi connectivity index (χ1v) is 8.85. The third-order valence-corrected chi connectivity index (χ3v) is 5.59. The minimum atomic E-state index is -0.270. The SMILES string of the molecule is CCN1CC[C@H]2CN(C(=O)c3cccnc3)C[C@@]2(c2nc(C)no2)C1. The number of aryl methyl sites for hydroxylation is 1. The number of likely N-dealkylation sites (N-methyl/N-ethyl adjacent to an activating group) is 1. The first-order chi connectivity index (χ1) is 12.1. The van der Waals surface area contributed by atoms with Crippen LogP contribution in [-0.4, -0.2) is 63.6 Å². The highest BCUT2D eigenvalue weighted by molar-refractivity contribution is 5.94. The van der Waals surface area contributed by atoms with Crippen molar-refractivity contribution >= 4 is 5.91 Å². The number of carbonyl (C=O) groups excluding carboxylic acids is 1. The van der Waals surface area contributed by atoms with Crippen molar-refractivity contribution < 1.29 is 9.32 Å². The van der Waals surface area contributed by atoms with Crippen LogP contribution in [0.15, 0.2) is 29.0 Å². The monoisotopic (exact) mass is 341 g/mol. The second-order valence-electron chi connectivity index (χ2n) is 7.08. The summed E-state index contributed by atoms with van der Waals surface area (Å²) in [6.45, 7) is 8.24. The van der Waals surface area contributed by atoms with Gasteiger partial charge in [-0.1, -0.05) is 12.1 Å². The van der Waals surface area contributed by atoms with Crippen LogP contribution in [0.1, 0.15) is 35.4 Å². The molecule has 7 nitrogen and oxygen atoms in total. The number of aromatic nitrogens is 3. The van der Waals surface area contributed by atoms with E-state index in [-0.39, 0.29) is 11.3 Å². The number of likely N-dealkylation sites (tertiary alicyclic amines) is 2. The summed E-state index contributed by atoms with van der Waals surface area (Å²) >= 11 is 0. The number of amides is 1. The van der Waals surface area contributed by atoms with Gasteiger partial charge < -0.3 is 14.3 Å². The zero-order valence-corrected chi connectivity index (χ0v) is 14.7. The van der Waals surface area contributed by atoms with Crippen molar-refractivity contribution in [2.75, 3.05) is 32.7 Å². The third-order valence-electron chi connectivity index (χ3n) is 5.59. The van der Waals surface area contributed by atoms with Gasteiger partial charge in [0.2, 0.25) is 5.89 Å². The van der Waals surface area contributed by atoms with E-state index in [2.05, 4.69) is 26.9 Å². The summed E-state index contributed by atoms with van der Waals surface area (Å²) in [6.07, 6.45) is 4.35. The molecule has 0 aliphatic carbocycles. The fourth-order valence-corrected chi connectivity index (χ4v) is 4.24. The third kappa shape index (κ3) is 2.72. The molecule has 2 aromatic rings. The molecule has 0 unspecified atom stereocenters. The van der Waals surface area contributed by atoms with Crippen molar-refractivity contribution in [3.05, 3.63) is 41.8 Å². The van der Waals surface area contributed by atoms with Crippen molar-refractivity contribution in [1.29, 1.82) is 0 Å². The second kappa shape index (κ2) is 6.22. The molecule has 0 spiro atoms. The number of nitrogens with zero attached hydrogens (tertiary/aromatic N) is 5. The van der Waals surface area contributed by atoms with Gasteiger partial charge in [0.15, 0.2) is 5.82 Å². The molecule has 2 atom stereocenters. The molecular formula is C18H23N5O2. The van der Waals surface area contributed by atoms with E-state index in [9.17, 15) is 4.79 Å². The quantitative estimate of drug-likeness (QED) is 0.842. The van der Waals surface area contributed by atoms with Gasteiger partial charge in [-0.05, 0) is 44.5 Å². The van der Waals surface area contributed by atoms with Crippen LogP contribution in [0, 0.1) is 12.8 Å². The molecule has 2 aromatic heterocycles. The highest BCUT2D eigenvalue weighted by Gasteiger charge is 2.55. The highest BCUT2D eigenvalue weighted by atomic mass is 16.5. The molecule has 4 heterocycles. The van der Waals surface area contributed by atoms with E-state index < -0.39 is 0 Å². The summed E-state index contributed by atoms with van der Waals surface area (Å²) < 4.78 is 5.60. The summed E-state index contributed by atoms with van der Waals surface area (Å²) in [6, 6.07) is 3.62. The van der Waals surface area contributed by atoms with E-state index in [1.165, 1.54) is 0 Å². The smallest absolute Gasteiger partial charge is 0.255 e. The van der Waals surface area contributed by atoms with Crippen LogP contribution in [0.2, 0.25) is 0 Å². The molecule has 0 bridgehead atoms. The van der Waals surface area contributed by atoms with Crippen molar-refractivity contribution in [2.45, 2.75) is 25.7 Å². The maximum atomic E-state index is 12.9. The largest absolute Gasteiger partial charge is 0.339 e. The van der Waals surface area contributed by atoms with Crippen LogP contribution >= 0.6 is 0 Å². The normalized spacial score (nSPS) is 26.6. The molecule has 0 radical (unpaired) electrons. The summed E-state index contributed by atoms with van der Waals surface area (Å²) in [5.74, 6) is 1.69. The lowest BCUT2D eigenvalue weighted by Gasteiger charge is -2.41. The highest BCUT2D eigenvalue weighted by Crippen LogP contribution is 2.44. The Labute approximate surface area is 147 Å². The molecule has 25 heavy (non-hydrogen) atoms. The predicted molar refractivity (Wildman–Crippen MR) is 91.1 cm³/mol. The molecule has 2 aliphatic heterocycles. The Morgan fingerprint density at radius 2 is 2.32 bits per heavy atom. The summed E-state index contributed by atoms with van der Waals surface area (Å²) in [5.41, 5.74) is 0.360. The lowest BCUT2D eigenvalue weighted by Crippen LogP contribution is -2.52.